The molecule has 1 saturated heterocycles. The molecular weight excluding hydrogens is 379 g/mol. The van der Waals surface area contributed by atoms with Crippen LogP contribution in [0.2, 0.25) is 0 Å². The predicted molar refractivity (Wildman–Crippen MR) is 106 cm³/mol. The number of hydrogen-bond acceptors (Lipinski definition) is 3. The number of rotatable bonds is 5. The first kappa shape index (κ1) is 20.5. The van der Waals surface area contributed by atoms with Crippen molar-refractivity contribution in [3.8, 4) is 0 Å². The minimum atomic E-state index is -3.64. The number of nitrogens with one attached hydrogen (secondary N) is 1. The molecule has 1 aliphatic heterocycles. The molecule has 1 unspecified atom stereocenters. The van der Waals surface area contributed by atoms with Crippen LogP contribution in [-0.4, -0.2) is 31.7 Å². The summed E-state index contributed by atoms with van der Waals surface area (Å²) in [5.74, 6) is -0.521. The maximum Gasteiger partial charge on any atom is 0.243 e. The number of piperidine rings is 1. The normalized spacial score (nSPS) is 20.7. The summed E-state index contributed by atoms with van der Waals surface area (Å²) in [6.45, 7) is 4.51. The van der Waals surface area contributed by atoms with Gasteiger partial charge in [0.2, 0.25) is 15.9 Å². The second-order valence-corrected chi connectivity index (χ2v) is 9.56. The van der Waals surface area contributed by atoms with E-state index in [2.05, 4.69) is 5.32 Å². The lowest BCUT2D eigenvalue weighted by atomic mass is 9.82. The van der Waals surface area contributed by atoms with Gasteiger partial charge in [-0.2, -0.15) is 4.31 Å². The molecule has 0 aromatic heterocycles. The van der Waals surface area contributed by atoms with Crippen molar-refractivity contribution < 1.29 is 17.6 Å². The second kappa shape index (κ2) is 8.01. The van der Waals surface area contributed by atoms with Crippen molar-refractivity contribution >= 4 is 15.9 Å². The molecule has 1 heterocycles. The van der Waals surface area contributed by atoms with E-state index in [1.165, 1.54) is 16.4 Å². The summed E-state index contributed by atoms with van der Waals surface area (Å²) < 4.78 is 40.4. The Kier molecular flexibility index (Phi) is 5.86. The molecule has 1 N–H and O–H groups in total. The van der Waals surface area contributed by atoms with Crippen LogP contribution in [0.1, 0.15) is 30.9 Å². The van der Waals surface area contributed by atoms with Crippen LogP contribution in [-0.2, 0) is 21.4 Å². The molecule has 2 aromatic rings. The van der Waals surface area contributed by atoms with E-state index >= 15 is 0 Å². The fourth-order valence-corrected chi connectivity index (χ4v) is 5.04. The van der Waals surface area contributed by atoms with Gasteiger partial charge in [-0.25, -0.2) is 12.8 Å². The molecule has 7 heteroatoms. The predicted octanol–water partition coefficient (Wildman–Crippen LogP) is 3.24. The van der Waals surface area contributed by atoms with Crippen LogP contribution >= 0.6 is 0 Å². The van der Waals surface area contributed by atoms with Crippen LogP contribution in [0.25, 0.3) is 0 Å². The van der Waals surface area contributed by atoms with E-state index in [-0.39, 0.29) is 29.7 Å². The zero-order valence-corrected chi connectivity index (χ0v) is 16.9. The van der Waals surface area contributed by atoms with Crippen molar-refractivity contribution in [2.45, 2.75) is 38.1 Å². The summed E-state index contributed by atoms with van der Waals surface area (Å²) >= 11 is 0. The van der Waals surface area contributed by atoms with Gasteiger partial charge in [0.25, 0.3) is 0 Å². The zero-order valence-electron chi connectivity index (χ0n) is 16.1. The minimum Gasteiger partial charge on any atom is -0.352 e. The molecule has 150 valence electrons. The Morgan fingerprint density at radius 2 is 1.79 bits per heavy atom. The maximum absolute atomic E-state index is 13.0. The third-order valence-corrected chi connectivity index (χ3v) is 7.09. The number of amides is 1. The topological polar surface area (TPSA) is 66.5 Å². The largest absolute Gasteiger partial charge is 0.352 e. The summed E-state index contributed by atoms with van der Waals surface area (Å²) in [4.78, 5) is 13.1. The molecule has 0 bridgehead atoms. The lowest BCUT2D eigenvalue weighted by Gasteiger charge is -2.38. The third kappa shape index (κ3) is 4.42. The molecular formula is C21H25FN2O3S. The van der Waals surface area contributed by atoms with Gasteiger partial charge < -0.3 is 5.32 Å². The molecule has 1 fully saturated rings. The maximum atomic E-state index is 13.0. The summed E-state index contributed by atoms with van der Waals surface area (Å²) in [6, 6.07) is 12.7. The van der Waals surface area contributed by atoms with E-state index in [1.807, 2.05) is 6.92 Å². The first-order valence-corrected chi connectivity index (χ1v) is 10.7. The molecule has 0 aliphatic carbocycles. The van der Waals surface area contributed by atoms with Crippen molar-refractivity contribution in [1.82, 2.24) is 9.62 Å². The van der Waals surface area contributed by atoms with E-state index in [0.717, 1.165) is 11.1 Å². The lowest BCUT2D eigenvalue weighted by Crippen LogP contribution is -2.51. The first-order chi connectivity index (χ1) is 13.2. The summed E-state index contributed by atoms with van der Waals surface area (Å²) in [5.41, 5.74) is 0.969. The van der Waals surface area contributed by atoms with Gasteiger partial charge in [-0.15, -0.1) is 0 Å². The van der Waals surface area contributed by atoms with Gasteiger partial charge in [-0.3, -0.25) is 4.79 Å². The highest BCUT2D eigenvalue weighted by atomic mass is 32.2. The van der Waals surface area contributed by atoms with E-state index in [1.54, 1.807) is 43.3 Å². The molecule has 1 amide bonds. The second-order valence-electron chi connectivity index (χ2n) is 7.63. The number of benzene rings is 2. The average molecular weight is 405 g/mol. The monoisotopic (exact) mass is 404 g/mol. The zero-order chi connectivity index (χ0) is 20.4. The molecule has 5 nitrogen and oxygen atoms in total. The van der Waals surface area contributed by atoms with E-state index in [0.29, 0.717) is 19.4 Å². The molecule has 0 spiro atoms. The highest BCUT2D eigenvalue weighted by Crippen LogP contribution is 2.33. The molecule has 1 atom stereocenters. The lowest BCUT2D eigenvalue weighted by molar-refractivity contribution is -0.132. The van der Waals surface area contributed by atoms with Crippen molar-refractivity contribution in [2.24, 2.45) is 5.41 Å². The van der Waals surface area contributed by atoms with Crippen LogP contribution in [0.3, 0.4) is 0 Å². The van der Waals surface area contributed by atoms with Crippen molar-refractivity contribution in [3.05, 3.63) is 65.5 Å². The van der Waals surface area contributed by atoms with E-state index in [4.69, 9.17) is 0 Å². The SMILES string of the molecule is Cc1ccc(S(=O)(=O)N2CCCC(C)(C(=O)NCc3ccc(F)cc3)C2)cc1. The fraction of sp³-hybridized carbons (Fsp3) is 0.381. The standard InChI is InChI=1S/C21H25FN2O3S/c1-16-4-10-19(11-5-16)28(26,27)24-13-3-12-21(2,15-24)20(25)23-14-17-6-8-18(22)9-7-17/h4-11H,3,12-15H2,1-2H3,(H,23,25). The van der Waals surface area contributed by atoms with E-state index < -0.39 is 15.4 Å². The fourth-order valence-electron chi connectivity index (χ4n) is 3.44. The number of carbonyl (C=O) groups excluding carboxylic acids is 1. The van der Waals surface area contributed by atoms with Gasteiger partial charge in [0.15, 0.2) is 0 Å². The van der Waals surface area contributed by atoms with Crippen molar-refractivity contribution in [3.63, 3.8) is 0 Å². The Labute approximate surface area is 165 Å². The highest BCUT2D eigenvalue weighted by Gasteiger charge is 2.41. The summed E-state index contributed by atoms with van der Waals surface area (Å²) in [6.07, 6.45) is 1.23. The van der Waals surface area contributed by atoms with Crippen LogP contribution in [0.5, 0.6) is 0 Å². The van der Waals surface area contributed by atoms with Gasteiger partial charge in [-0.1, -0.05) is 29.8 Å². The Morgan fingerprint density at radius 1 is 1.14 bits per heavy atom. The number of nitrogens with zero attached hydrogens (tertiary/aromatic N) is 1. The Hall–Kier alpha value is -2.25. The Bertz CT molecular complexity index is 943. The summed E-state index contributed by atoms with van der Waals surface area (Å²) in [7, 11) is -3.64. The van der Waals surface area contributed by atoms with Crippen molar-refractivity contribution in [1.29, 1.82) is 0 Å². The van der Waals surface area contributed by atoms with Crippen LogP contribution in [0.15, 0.2) is 53.4 Å². The number of sulfonamides is 1. The molecule has 0 saturated carbocycles. The Balaban J connectivity index is 1.70. The van der Waals surface area contributed by atoms with Crippen LogP contribution in [0.4, 0.5) is 4.39 Å². The van der Waals surface area contributed by atoms with Crippen LogP contribution in [0, 0.1) is 18.2 Å². The summed E-state index contributed by atoms with van der Waals surface area (Å²) in [5, 5.41) is 2.86. The number of aryl methyl sites for hydroxylation is 1. The molecule has 2 aromatic carbocycles. The third-order valence-electron chi connectivity index (χ3n) is 5.23. The Morgan fingerprint density at radius 3 is 2.43 bits per heavy atom. The number of hydrogen-bond donors (Lipinski definition) is 1. The van der Waals surface area contributed by atoms with Gasteiger partial charge in [0, 0.05) is 19.6 Å². The number of carbonyl (C=O) groups is 1. The minimum absolute atomic E-state index is 0.137. The van der Waals surface area contributed by atoms with Crippen molar-refractivity contribution in [2.75, 3.05) is 13.1 Å². The van der Waals surface area contributed by atoms with Gasteiger partial charge in [0.05, 0.1) is 10.3 Å². The quantitative estimate of drug-likeness (QED) is 0.832. The average Bonchev–Trinajstić information content (AvgIpc) is 2.67. The van der Waals surface area contributed by atoms with Gasteiger partial charge >= 0.3 is 0 Å². The smallest absolute Gasteiger partial charge is 0.243 e. The van der Waals surface area contributed by atoms with Gasteiger partial charge in [0.1, 0.15) is 5.82 Å². The highest BCUT2D eigenvalue weighted by molar-refractivity contribution is 7.89. The van der Waals surface area contributed by atoms with E-state index in [9.17, 15) is 17.6 Å². The molecule has 28 heavy (non-hydrogen) atoms. The first-order valence-electron chi connectivity index (χ1n) is 9.30. The number of halogens is 1. The van der Waals surface area contributed by atoms with Gasteiger partial charge in [-0.05, 0) is 56.5 Å². The molecule has 0 radical (unpaired) electrons. The molecule has 1 aliphatic rings. The van der Waals surface area contributed by atoms with Crippen LogP contribution < -0.4 is 5.32 Å². The molecule has 3 rings (SSSR count).